The summed E-state index contributed by atoms with van der Waals surface area (Å²) in [6.07, 6.45) is 1.42. The minimum Gasteiger partial charge on any atom is -0.455 e. The number of nitrogens with one attached hydrogen (secondary N) is 1. The van der Waals surface area contributed by atoms with E-state index in [4.69, 9.17) is 4.74 Å². The average molecular weight is 770 g/mol. The quantitative estimate of drug-likeness (QED) is 0.156. The number of hydrogen-bond acceptors (Lipinski definition) is 10. The highest BCUT2D eigenvalue weighted by Gasteiger charge is 2.39. The Morgan fingerprint density at radius 3 is 2.33 bits per heavy atom. The zero-order valence-corrected chi connectivity index (χ0v) is 33.0. The van der Waals surface area contributed by atoms with E-state index in [1.807, 2.05) is 34.7 Å². The van der Waals surface area contributed by atoms with Gasteiger partial charge in [0.1, 0.15) is 10.7 Å². The van der Waals surface area contributed by atoms with Crippen molar-refractivity contribution in [2.45, 2.75) is 129 Å². The van der Waals surface area contributed by atoms with Crippen LogP contribution in [0.25, 0.3) is 0 Å². The minimum atomic E-state index is -4.54. The van der Waals surface area contributed by atoms with Gasteiger partial charge in [0.15, 0.2) is 17.6 Å². The molecule has 2 aliphatic rings. The van der Waals surface area contributed by atoms with Crippen LogP contribution in [0.2, 0.25) is 0 Å². The van der Waals surface area contributed by atoms with Gasteiger partial charge < -0.3 is 15.0 Å². The molecule has 2 aromatic heterocycles. The fraction of sp³-hybridized carbons (Fsp3) is 0.730. The number of rotatable bonds is 18. The highest BCUT2D eigenvalue weighted by Crippen LogP contribution is 2.38. The minimum absolute atomic E-state index is 0.0305. The Labute approximate surface area is 313 Å². The summed E-state index contributed by atoms with van der Waals surface area (Å²) in [5.74, 6) is -0.850. The van der Waals surface area contributed by atoms with E-state index >= 15 is 0 Å². The maximum Gasteiger partial charge on any atom is 0.434 e. The molecule has 5 atom stereocenters. The third-order valence-electron chi connectivity index (χ3n) is 10.0. The molecular formula is C37H54F3N5O5S2. The average Bonchev–Trinajstić information content (AvgIpc) is 3.50. The van der Waals surface area contributed by atoms with Crippen molar-refractivity contribution in [2.24, 2.45) is 23.7 Å². The molecule has 2 amide bonds. The Morgan fingerprint density at radius 2 is 1.75 bits per heavy atom. The Morgan fingerprint density at radius 1 is 1.04 bits per heavy atom. The van der Waals surface area contributed by atoms with Gasteiger partial charge >= 0.3 is 12.1 Å². The molecule has 1 aliphatic heterocycles. The fourth-order valence-corrected chi connectivity index (χ4v) is 8.86. The molecule has 4 rings (SSSR count). The van der Waals surface area contributed by atoms with E-state index in [1.54, 1.807) is 17.3 Å². The molecule has 1 aliphatic carbocycles. The van der Waals surface area contributed by atoms with E-state index in [-0.39, 0.29) is 65.6 Å². The molecule has 2 fully saturated rings. The summed E-state index contributed by atoms with van der Waals surface area (Å²) < 4.78 is 45.2. The number of thiazole rings is 2. The number of likely N-dealkylation sites (tertiary alicyclic amines) is 1. The number of ketones is 1. The number of esters is 1. The van der Waals surface area contributed by atoms with Gasteiger partial charge in [-0.25, -0.2) is 9.97 Å². The zero-order valence-electron chi connectivity index (χ0n) is 31.3. The summed E-state index contributed by atoms with van der Waals surface area (Å²) in [5.41, 5.74) is -0.851. The third-order valence-corrected chi connectivity index (χ3v) is 11.8. The smallest absolute Gasteiger partial charge is 0.434 e. The molecule has 1 saturated carbocycles. The lowest BCUT2D eigenvalue weighted by atomic mass is 9.88. The topological polar surface area (TPSA) is 122 Å². The van der Waals surface area contributed by atoms with Crippen molar-refractivity contribution >= 4 is 46.2 Å². The number of amides is 2. The van der Waals surface area contributed by atoms with Gasteiger partial charge in [0, 0.05) is 62.0 Å². The summed E-state index contributed by atoms with van der Waals surface area (Å²) >= 11 is 2.07. The molecular weight excluding hydrogens is 716 g/mol. The second kappa shape index (κ2) is 18.4. The normalized spacial score (nSPS) is 19.3. The van der Waals surface area contributed by atoms with E-state index < -0.39 is 41.8 Å². The van der Waals surface area contributed by atoms with Gasteiger partial charge in [0.05, 0.1) is 11.0 Å². The lowest BCUT2D eigenvalue weighted by molar-refractivity contribution is -0.149. The van der Waals surface area contributed by atoms with E-state index in [0.29, 0.717) is 23.8 Å². The number of carbonyl (C=O) groups excluding carboxylic acids is 4. The maximum absolute atomic E-state index is 14.2. The first-order valence-electron chi connectivity index (χ1n) is 18.4. The van der Waals surface area contributed by atoms with Crippen LogP contribution >= 0.6 is 22.7 Å². The van der Waals surface area contributed by atoms with Gasteiger partial charge in [-0.3, -0.25) is 24.1 Å². The first-order chi connectivity index (χ1) is 24.4. The standard InChI is InChI=1S/C37H54F3N5O5S2/c1-21(2)14-26(17-33-43-32(20-51-33)37(38,39)40)41-34(48)27-19-52-35(42-27)31(50-23(5)46)18-29(22(3)4)45(7)36(49)25(15-24-11-12-24)16-30(47)28-10-8-9-13-44(28)6/h19-22,24-26,28-29,31H,8-18H2,1-7H3,(H,41,48)/t25-,26-,28-,29-,31-/m1/s1. The number of Topliss-reactive ketones (excluding diaryl/α,β-unsaturated/α-hetero) is 1. The largest absolute Gasteiger partial charge is 0.455 e. The van der Waals surface area contributed by atoms with Crippen LogP contribution in [0.4, 0.5) is 13.2 Å². The summed E-state index contributed by atoms with van der Waals surface area (Å²) in [4.78, 5) is 65.5. The van der Waals surface area contributed by atoms with Gasteiger partial charge in [-0.2, -0.15) is 13.2 Å². The third kappa shape index (κ3) is 12.1. The molecule has 52 heavy (non-hydrogen) atoms. The van der Waals surface area contributed by atoms with Gasteiger partial charge in [0.25, 0.3) is 5.91 Å². The summed E-state index contributed by atoms with van der Waals surface area (Å²) in [5, 5.41) is 6.13. The van der Waals surface area contributed by atoms with E-state index in [2.05, 4.69) is 20.2 Å². The van der Waals surface area contributed by atoms with E-state index in [9.17, 15) is 32.3 Å². The number of halogens is 3. The number of nitrogens with zero attached hydrogens (tertiary/aromatic N) is 4. The van der Waals surface area contributed by atoms with Crippen molar-refractivity contribution in [2.75, 3.05) is 20.6 Å². The molecule has 0 radical (unpaired) electrons. The van der Waals surface area contributed by atoms with Crippen LogP contribution in [-0.4, -0.2) is 82.1 Å². The molecule has 0 aromatic carbocycles. The highest BCUT2D eigenvalue weighted by atomic mass is 32.1. The number of alkyl halides is 3. The molecule has 1 saturated heterocycles. The number of hydrogen-bond donors (Lipinski definition) is 1. The zero-order chi connectivity index (χ0) is 38.3. The van der Waals surface area contributed by atoms with Gasteiger partial charge in [-0.1, -0.05) is 47.0 Å². The lowest BCUT2D eigenvalue weighted by Gasteiger charge is -2.36. The predicted octanol–water partition coefficient (Wildman–Crippen LogP) is 7.34. The van der Waals surface area contributed by atoms with Crippen LogP contribution < -0.4 is 5.32 Å². The summed E-state index contributed by atoms with van der Waals surface area (Å²) in [6.45, 7) is 10.1. The van der Waals surface area contributed by atoms with Crippen LogP contribution in [0.5, 0.6) is 0 Å². The molecule has 0 spiro atoms. The van der Waals surface area contributed by atoms with Crippen molar-refractivity contribution in [3.05, 3.63) is 32.2 Å². The van der Waals surface area contributed by atoms with Crippen LogP contribution in [0.15, 0.2) is 10.8 Å². The van der Waals surface area contributed by atoms with E-state index in [0.717, 1.165) is 66.7 Å². The van der Waals surface area contributed by atoms with Crippen LogP contribution in [0.3, 0.4) is 0 Å². The fourth-order valence-electron chi connectivity index (χ4n) is 7.14. The molecule has 15 heteroatoms. The van der Waals surface area contributed by atoms with Crippen molar-refractivity contribution in [1.82, 2.24) is 25.1 Å². The number of aromatic nitrogens is 2. The molecule has 290 valence electrons. The summed E-state index contributed by atoms with van der Waals surface area (Å²) in [7, 11) is 3.73. The number of ether oxygens (including phenoxy) is 1. The number of carbonyl (C=O) groups is 4. The van der Waals surface area contributed by atoms with Crippen molar-refractivity contribution in [1.29, 1.82) is 0 Å². The van der Waals surface area contributed by atoms with Crippen LogP contribution in [0.1, 0.15) is 125 Å². The van der Waals surface area contributed by atoms with Crippen molar-refractivity contribution < 1.29 is 37.1 Å². The Balaban J connectivity index is 1.48. The van der Waals surface area contributed by atoms with Crippen molar-refractivity contribution in [3.63, 3.8) is 0 Å². The molecule has 0 bridgehead atoms. The Kier molecular flexibility index (Phi) is 14.8. The van der Waals surface area contributed by atoms with Crippen LogP contribution in [-0.2, 0) is 31.7 Å². The Hall–Kier alpha value is -2.91. The van der Waals surface area contributed by atoms with E-state index in [1.165, 1.54) is 6.92 Å². The van der Waals surface area contributed by atoms with Crippen molar-refractivity contribution in [3.8, 4) is 0 Å². The first-order valence-corrected chi connectivity index (χ1v) is 20.1. The molecule has 0 unspecified atom stereocenters. The second-order valence-electron chi connectivity index (χ2n) is 15.3. The van der Waals surface area contributed by atoms with Gasteiger partial charge in [-0.05, 0) is 57.0 Å². The summed E-state index contributed by atoms with van der Waals surface area (Å²) in [6, 6.07) is -0.995. The number of likely N-dealkylation sites (N-methyl/N-ethyl adjacent to an activating group) is 1. The number of piperidine rings is 1. The monoisotopic (exact) mass is 769 g/mol. The first kappa shape index (κ1) is 41.8. The van der Waals surface area contributed by atoms with Gasteiger partial charge in [0.2, 0.25) is 5.91 Å². The molecule has 2 aromatic rings. The molecule has 1 N–H and O–H groups in total. The predicted molar refractivity (Wildman–Crippen MR) is 195 cm³/mol. The highest BCUT2D eigenvalue weighted by molar-refractivity contribution is 7.10. The Bertz CT molecular complexity index is 1520. The van der Waals surface area contributed by atoms with Crippen LogP contribution in [0, 0.1) is 23.7 Å². The molecule has 3 heterocycles. The maximum atomic E-state index is 14.2. The second-order valence-corrected chi connectivity index (χ2v) is 17.2. The molecule has 10 nitrogen and oxygen atoms in total. The van der Waals surface area contributed by atoms with Gasteiger partial charge in [-0.15, -0.1) is 22.7 Å². The SMILES string of the molecule is CC(=O)O[C@H](C[C@H](C(C)C)N(C)C(=O)[C@@H](CC(=O)[C@H]1CCCCN1C)CC1CC1)c1nc(C(=O)N[C@@H](Cc2nc(C(F)(F)F)cs2)CC(C)C)cs1. The lowest BCUT2D eigenvalue weighted by Crippen LogP contribution is -2.47.